The first-order chi connectivity index (χ1) is 14.8. The van der Waals surface area contributed by atoms with Crippen LogP contribution in [0.3, 0.4) is 0 Å². The predicted molar refractivity (Wildman–Crippen MR) is 119 cm³/mol. The van der Waals surface area contributed by atoms with E-state index in [0.29, 0.717) is 30.2 Å². The van der Waals surface area contributed by atoms with Crippen LogP contribution in [0.1, 0.15) is 20.3 Å². The fourth-order valence-electron chi connectivity index (χ4n) is 3.58. The van der Waals surface area contributed by atoms with E-state index in [1.165, 1.54) is 16.4 Å². The Bertz CT molecular complexity index is 1050. The molecule has 1 saturated heterocycles. The summed E-state index contributed by atoms with van der Waals surface area (Å²) in [5.74, 6) is -0.275. The van der Waals surface area contributed by atoms with Crippen molar-refractivity contribution in [3.8, 4) is 5.75 Å². The third-order valence-corrected chi connectivity index (χ3v) is 7.39. The van der Waals surface area contributed by atoms with Crippen LogP contribution in [0.5, 0.6) is 5.75 Å². The Labute approximate surface area is 182 Å². The second kappa shape index (κ2) is 9.49. The number of benzene rings is 2. The largest absolute Gasteiger partial charge is 0.497 e. The van der Waals surface area contributed by atoms with Crippen LogP contribution >= 0.6 is 0 Å². The van der Waals surface area contributed by atoms with Gasteiger partial charge in [-0.2, -0.15) is 4.31 Å². The topological polar surface area (TPSA) is 96.0 Å². The van der Waals surface area contributed by atoms with E-state index in [-0.39, 0.29) is 29.7 Å². The van der Waals surface area contributed by atoms with E-state index >= 15 is 0 Å². The first-order valence-corrected chi connectivity index (χ1v) is 11.6. The van der Waals surface area contributed by atoms with Gasteiger partial charge in [-0.3, -0.25) is 9.59 Å². The molecule has 0 radical (unpaired) electrons. The summed E-state index contributed by atoms with van der Waals surface area (Å²) in [5, 5.41) is 2.78. The van der Waals surface area contributed by atoms with Crippen molar-refractivity contribution >= 4 is 33.2 Å². The van der Waals surface area contributed by atoms with Gasteiger partial charge in [-0.25, -0.2) is 8.42 Å². The molecule has 2 amide bonds. The number of hydrogen-bond donors (Lipinski definition) is 1. The average Bonchev–Trinajstić information content (AvgIpc) is 3.16. The number of rotatable bonds is 8. The zero-order valence-electron chi connectivity index (χ0n) is 17.9. The minimum absolute atomic E-state index is 0.109. The molecule has 2 aromatic carbocycles. The monoisotopic (exact) mass is 445 g/mol. The van der Waals surface area contributed by atoms with Crippen molar-refractivity contribution in [1.82, 2.24) is 4.31 Å². The van der Waals surface area contributed by atoms with Crippen LogP contribution in [-0.2, 0) is 19.6 Å². The van der Waals surface area contributed by atoms with Crippen molar-refractivity contribution in [2.24, 2.45) is 5.92 Å². The number of sulfonamides is 1. The lowest BCUT2D eigenvalue weighted by Gasteiger charge is -2.19. The van der Waals surface area contributed by atoms with Crippen LogP contribution in [-0.4, -0.2) is 51.3 Å². The minimum Gasteiger partial charge on any atom is -0.497 e. The van der Waals surface area contributed by atoms with Gasteiger partial charge in [-0.15, -0.1) is 0 Å². The van der Waals surface area contributed by atoms with Crippen LogP contribution in [0.2, 0.25) is 0 Å². The maximum atomic E-state index is 12.7. The van der Waals surface area contributed by atoms with Crippen molar-refractivity contribution in [3.63, 3.8) is 0 Å². The quantitative estimate of drug-likeness (QED) is 0.674. The SMILES string of the molecule is CCN(CC)S(=O)(=O)c1ccc(NC(=O)[C@@H]2CC(=O)N(c3cccc(OC)c3)C2)cc1. The van der Waals surface area contributed by atoms with Crippen LogP contribution < -0.4 is 15.0 Å². The van der Waals surface area contributed by atoms with Gasteiger partial charge in [-0.05, 0) is 36.4 Å². The fraction of sp³-hybridized carbons (Fsp3) is 0.364. The zero-order chi connectivity index (χ0) is 22.6. The van der Waals surface area contributed by atoms with Crippen molar-refractivity contribution in [2.75, 3.05) is 37.0 Å². The fourth-order valence-corrected chi connectivity index (χ4v) is 5.04. The van der Waals surface area contributed by atoms with Gasteiger partial charge in [0.1, 0.15) is 5.75 Å². The lowest BCUT2D eigenvalue weighted by Crippen LogP contribution is -2.30. The smallest absolute Gasteiger partial charge is 0.243 e. The summed E-state index contributed by atoms with van der Waals surface area (Å²) >= 11 is 0. The van der Waals surface area contributed by atoms with E-state index in [4.69, 9.17) is 4.74 Å². The summed E-state index contributed by atoms with van der Waals surface area (Å²) in [4.78, 5) is 26.9. The summed E-state index contributed by atoms with van der Waals surface area (Å²) in [5.41, 5.74) is 1.17. The molecule has 1 heterocycles. The average molecular weight is 446 g/mol. The van der Waals surface area contributed by atoms with Crippen LogP contribution in [0.15, 0.2) is 53.4 Å². The van der Waals surface area contributed by atoms with Crippen molar-refractivity contribution in [2.45, 2.75) is 25.2 Å². The van der Waals surface area contributed by atoms with Gasteiger partial charge in [0.15, 0.2) is 0 Å². The normalized spacial score (nSPS) is 16.6. The summed E-state index contributed by atoms with van der Waals surface area (Å²) in [6, 6.07) is 13.2. The summed E-state index contributed by atoms with van der Waals surface area (Å²) in [6.45, 7) is 4.61. The molecule has 3 rings (SSSR count). The van der Waals surface area contributed by atoms with Gasteiger partial charge in [-0.1, -0.05) is 19.9 Å². The number of nitrogens with one attached hydrogen (secondary N) is 1. The predicted octanol–water partition coefficient (Wildman–Crippen LogP) is 2.72. The molecular formula is C22H27N3O5S. The second-order valence-electron chi connectivity index (χ2n) is 7.21. The van der Waals surface area contributed by atoms with Crippen molar-refractivity contribution in [3.05, 3.63) is 48.5 Å². The van der Waals surface area contributed by atoms with Crippen LogP contribution in [0.25, 0.3) is 0 Å². The van der Waals surface area contributed by atoms with Gasteiger partial charge in [0.2, 0.25) is 21.8 Å². The molecule has 0 aromatic heterocycles. The maximum Gasteiger partial charge on any atom is 0.243 e. The van der Waals surface area contributed by atoms with Gasteiger partial charge < -0.3 is 15.0 Å². The molecule has 9 heteroatoms. The number of ether oxygens (including phenoxy) is 1. The lowest BCUT2D eigenvalue weighted by molar-refractivity contribution is -0.122. The van der Waals surface area contributed by atoms with Crippen LogP contribution in [0.4, 0.5) is 11.4 Å². The van der Waals surface area contributed by atoms with Gasteiger partial charge in [0.25, 0.3) is 0 Å². The number of carbonyl (C=O) groups excluding carboxylic acids is 2. The van der Waals surface area contributed by atoms with Gasteiger partial charge in [0, 0.05) is 43.5 Å². The molecule has 1 aliphatic heterocycles. The highest BCUT2D eigenvalue weighted by Crippen LogP contribution is 2.28. The molecular weight excluding hydrogens is 418 g/mol. The Morgan fingerprint density at radius 1 is 1.16 bits per heavy atom. The zero-order valence-corrected chi connectivity index (χ0v) is 18.7. The van der Waals surface area contributed by atoms with Crippen molar-refractivity contribution in [1.29, 1.82) is 0 Å². The highest BCUT2D eigenvalue weighted by atomic mass is 32.2. The Morgan fingerprint density at radius 2 is 1.84 bits per heavy atom. The highest BCUT2D eigenvalue weighted by molar-refractivity contribution is 7.89. The van der Waals surface area contributed by atoms with Crippen LogP contribution in [0, 0.1) is 5.92 Å². The second-order valence-corrected chi connectivity index (χ2v) is 9.15. The number of hydrogen-bond acceptors (Lipinski definition) is 5. The first kappa shape index (κ1) is 22.8. The molecule has 1 fully saturated rings. The maximum absolute atomic E-state index is 12.7. The number of amides is 2. The molecule has 166 valence electrons. The van der Waals surface area contributed by atoms with E-state index < -0.39 is 15.9 Å². The molecule has 1 N–H and O–H groups in total. The number of anilines is 2. The molecule has 0 saturated carbocycles. The molecule has 1 aliphatic rings. The lowest BCUT2D eigenvalue weighted by atomic mass is 10.1. The third kappa shape index (κ3) is 4.88. The van der Waals surface area contributed by atoms with Gasteiger partial charge >= 0.3 is 0 Å². The Balaban J connectivity index is 1.67. The minimum atomic E-state index is -3.55. The number of nitrogens with zero attached hydrogens (tertiary/aromatic N) is 2. The van der Waals surface area contributed by atoms with Crippen molar-refractivity contribution < 1.29 is 22.7 Å². The number of carbonyl (C=O) groups is 2. The molecule has 8 nitrogen and oxygen atoms in total. The summed E-state index contributed by atoms with van der Waals surface area (Å²) in [7, 11) is -2.00. The molecule has 0 aliphatic carbocycles. The third-order valence-electron chi connectivity index (χ3n) is 5.33. The Morgan fingerprint density at radius 3 is 2.45 bits per heavy atom. The molecule has 0 spiro atoms. The van der Waals surface area contributed by atoms with E-state index in [1.807, 2.05) is 0 Å². The van der Waals surface area contributed by atoms with E-state index in [2.05, 4.69) is 5.32 Å². The van der Waals surface area contributed by atoms with E-state index in [9.17, 15) is 18.0 Å². The summed E-state index contributed by atoms with van der Waals surface area (Å²) in [6.07, 6.45) is 0.109. The number of methoxy groups -OCH3 is 1. The molecule has 31 heavy (non-hydrogen) atoms. The van der Waals surface area contributed by atoms with E-state index in [1.54, 1.807) is 62.3 Å². The Kier molecular flexibility index (Phi) is 6.97. The molecule has 0 bridgehead atoms. The standard InChI is InChI=1S/C22H27N3O5S/c1-4-24(5-2)31(28,29)20-11-9-17(10-12-20)23-22(27)16-13-21(26)25(15-16)18-7-6-8-19(14-18)30-3/h6-12,14,16H,4-5,13,15H2,1-3H3,(H,23,27)/t16-/m1/s1. The highest BCUT2D eigenvalue weighted by Gasteiger charge is 2.35. The molecule has 0 unspecified atom stereocenters. The first-order valence-electron chi connectivity index (χ1n) is 10.2. The molecule has 1 atom stereocenters. The summed E-state index contributed by atoms with van der Waals surface area (Å²) < 4.78 is 31.7. The Hall–Kier alpha value is -2.91. The van der Waals surface area contributed by atoms with Gasteiger partial charge in [0.05, 0.1) is 17.9 Å². The van der Waals surface area contributed by atoms with E-state index in [0.717, 1.165) is 0 Å². The molecule has 2 aromatic rings.